The van der Waals surface area contributed by atoms with E-state index in [1.807, 2.05) is 48.5 Å². The summed E-state index contributed by atoms with van der Waals surface area (Å²) in [6.45, 7) is 4.35. The molecule has 3 aromatic rings. The Morgan fingerprint density at radius 3 is 2.52 bits per heavy atom. The molecule has 0 radical (unpaired) electrons. The van der Waals surface area contributed by atoms with Crippen LogP contribution < -0.4 is 10.1 Å². The Morgan fingerprint density at radius 2 is 1.88 bits per heavy atom. The summed E-state index contributed by atoms with van der Waals surface area (Å²) in [5.74, 6) is 1.13. The minimum Gasteiger partial charge on any atom is -0.496 e. The zero-order chi connectivity index (χ0) is 23.6. The van der Waals surface area contributed by atoms with E-state index in [-0.39, 0.29) is 11.8 Å². The van der Waals surface area contributed by atoms with Crippen LogP contribution in [0.2, 0.25) is 0 Å². The molecular weight excluding hydrogens is 418 g/mol. The number of carbonyl (C=O) groups is 2. The summed E-state index contributed by atoms with van der Waals surface area (Å²) in [7, 11) is 3.31. The largest absolute Gasteiger partial charge is 0.496 e. The van der Waals surface area contributed by atoms with E-state index in [9.17, 15) is 9.59 Å². The maximum atomic E-state index is 13.1. The highest BCUT2D eigenvalue weighted by atomic mass is 16.5. The van der Waals surface area contributed by atoms with E-state index >= 15 is 0 Å². The average Bonchev–Trinajstić information content (AvgIpc) is 3.42. The van der Waals surface area contributed by atoms with Gasteiger partial charge in [-0.1, -0.05) is 47.6 Å². The Balaban J connectivity index is 1.56. The van der Waals surface area contributed by atoms with E-state index in [1.54, 1.807) is 32.9 Å². The lowest BCUT2D eigenvalue weighted by Gasteiger charge is -2.28. The number of hydrogen-bond donors (Lipinski definition) is 1. The molecule has 7 heteroatoms. The summed E-state index contributed by atoms with van der Waals surface area (Å²) >= 11 is 0. The van der Waals surface area contributed by atoms with Gasteiger partial charge in [0.15, 0.2) is 0 Å². The molecule has 4 rings (SSSR count). The molecule has 33 heavy (non-hydrogen) atoms. The zero-order valence-electron chi connectivity index (χ0n) is 19.5. The fourth-order valence-electron chi connectivity index (χ4n) is 4.74. The number of rotatable bonds is 6. The number of para-hydroxylation sites is 1. The van der Waals surface area contributed by atoms with Gasteiger partial charge in [0, 0.05) is 25.7 Å². The second kappa shape index (κ2) is 9.10. The van der Waals surface area contributed by atoms with Crippen LogP contribution in [-0.4, -0.2) is 49.1 Å². The first-order chi connectivity index (χ1) is 15.9. The lowest BCUT2D eigenvalue weighted by Crippen LogP contribution is -2.44. The number of likely N-dealkylation sites (tertiary alicyclic amines) is 1. The van der Waals surface area contributed by atoms with Gasteiger partial charge in [0.05, 0.1) is 18.2 Å². The highest BCUT2D eigenvalue weighted by molar-refractivity contribution is 5.97. The third-order valence-corrected chi connectivity index (χ3v) is 6.51. The molecule has 1 aromatic heterocycles. The normalized spacial score (nSPS) is 17.8. The van der Waals surface area contributed by atoms with E-state index in [4.69, 9.17) is 9.26 Å². The topological polar surface area (TPSA) is 84.7 Å². The van der Waals surface area contributed by atoms with Crippen molar-refractivity contribution in [3.63, 3.8) is 0 Å². The highest BCUT2D eigenvalue weighted by Gasteiger charge is 2.46. The highest BCUT2D eigenvalue weighted by Crippen LogP contribution is 2.37. The standard InChI is InChI=1S/C26H29N3O4/c1-17-23(18(2)33-28-17)24(30)29-14-13-26(16-29,25(31)27-3)15-19-9-11-20(12-10-19)21-7-5-6-8-22(21)32-4/h5-12H,13-16H2,1-4H3,(H,27,31)/t26-/m1/s1. The number of nitrogens with one attached hydrogen (secondary N) is 1. The number of aryl methyl sites for hydroxylation is 2. The molecule has 0 aliphatic carbocycles. The summed E-state index contributed by atoms with van der Waals surface area (Å²) in [6.07, 6.45) is 1.14. The number of carbonyl (C=O) groups excluding carboxylic acids is 2. The van der Waals surface area contributed by atoms with Crippen molar-refractivity contribution in [2.75, 3.05) is 27.2 Å². The first kappa shape index (κ1) is 22.6. The molecule has 1 atom stereocenters. The number of hydrogen-bond acceptors (Lipinski definition) is 5. The fraction of sp³-hybridized carbons (Fsp3) is 0.346. The molecule has 0 spiro atoms. The number of aromatic nitrogens is 1. The summed E-state index contributed by atoms with van der Waals surface area (Å²) in [6, 6.07) is 16.1. The minimum absolute atomic E-state index is 0.0506. The van der Waals surface area contributed by atoms with Crippen LogP contribution in [0.3, 0.4) is 0 Å². The van der Waals surface area contributed by atoms with Crippen molar-refractivity contribution >= 4 is 11.8 Å². The van der Waals surface area contributed by atoms with Crippen LogP contribution in [0.4, 0.5) is 0 Å². The molecule has 7 nitrogen and oxygen atoms in total. The monoisotopic (exact) mass is 447 g/mol. The summed E-state index contributed by atoms with van der Waals surface area (Å²) in [4.78, 5) is 27.9. The first-order valence-corrected chi connectivity index (χ1v) is 11.0. The van der Waals surface area contributed by atoms with Crippen molar-refractivity contribution in [2.24, 2.45) is 5.41 Å². The van der Waals surface area contributed by atoms with Crippen molar-refractivity contribution < 1.29 is 18.8 Å². The Labute approximate surface area is 193 Å². The summed E-state index contributed by atoms with van der Waals surface area (Å²) < 4.78 is 10.7. The van der Waals surface area contributed by atoms with Crippen molar-refractivity contribution in [3.8, 4) is 16.9 Å². The van der Waals surface area contributed by atoms with Gasteiger partial charge in [-0.25, -0.2) is 0 Å². The summed E-state index contributed by atoms with van der Waals surface area (Å²) in [5, 5.41) is 6.71. The Hall–Kier alpha value is -3.61. The van der Waals surface area contributed by atoms with Gasteiger partial charge < -0.3 is 19.5 Å². The quantitative estimate of drug-likeness (QED) is 0.622. The lowest BCUT2D eigenvalue weighted by atomic mass is 9.79. The van der Waals surface area contributed by atoms with Crippen LogP contribution >= 0.6 is 0 Å². The Bertz CT molecular complexity index is 1150. The van der Waals surface area contributed by atoms with Crippen LogP contribution in [-0.2, 0) is 11.2 Å². The van der Waals surface area contributed by atoms with Crippen LogP contribution in [0.1, 0.15) is 33.8 Å². The van der Waals surface area contributed by atoms with Crippen LogP contribution in [0, 0.1) is 19.3 Å². The van der Waals surface area contributed by atoms with Gasteiger partial charge >= 0.3 is 0 Å². The molecule has 0 saturated carbocycles. The summed E-state index contributed by atoms with van der Waals surface area (Å²) in [5.41, 5.74) is 3.49. The molecule has 1 N–H and O–H groups in total. The molecule has 1 aliphatic rings. The third kappa shape index (κ3) is 4.23. The van der Waals surface area contributed by atoms with Crippen molar-refractivity contribution in [3.05, 3.63) is 71.1 Å². The van der Waals surface area contributed by atoms with Crippen LogP contribution in [0.5, 0.6) is 5.75 Å². The Morgan fingerprint density at radius 1 is 1.15 bits per heavy atom. The molecule has 2 heterocycles. The van der Waals surface area contributed by atoms with Gasteiger partial charge in [-0.2, -0.15) is 0 Å². The fourth-order valence-corrected chi connectivity index (χ4v) is 4.74. The van der Waals surface area contributed by atoms with Crippen LogP contribution in [0.15, 0.2) is 53.1 Å². The van der Waals surface area contributed by atoms with Gasteiger partial charge in [-0.3, -0.25) is 9.59 Å². The van der Waals surface area contributed by atoms with Crippen LogP contribution in [0.25, 0.3) is 11.1 Å². The van der Waals surface area contributed by atoms with E-state index in [1.165, 1.54) is 0 Å². The number of amides is 2. The molecule has 0 bridgehead atoms. The number of benzene rings is 2. The molecular formula is C26H29N3O4. The number of ether oxygens (including phenoxy) is 1. The van der Waals surface area contributed by atoms with E-state index < -0.39 is 5.41 Å². The zero-order valence-corrected chi connectivity index (χ0v) is 19.5. The molecule has 1 fully saturated rings. The van der Waals surface area contributed by atoms with Gasteiger partial charge in [0.1, 0.15) is 17.1 Å². The second-order valence-corrected chi connectivity index (χ2v) is 8.61. The number of nitrogens with zero attached hydrogens (tertiary/aromatic N) is 2. The van der Waals surface area contributed by atoms with E-state index in [2.05, 4.69) is 10.5 Å². The Kier molecular flexibility index (Phi) is 6.22. The van der Waals surface area contributed by atoms with E-state index in [0.29, 0.717) is 42.9 Å². The van der Waals surface area contributed by atoms with Gasteiger partial charge in [-0.15, -0.1) is 0 Å². The molecule has 172 valence electrons. The maximum Gasteiger partial charge on any atom is 0.259 e. The molecule has 2 amide bonds. The molecule has 1 aliphatic heterocycles. The van der Waals surface area contributed by atoms with Crippen molar-refractivity contribution in [2.45, 2.75) is 26.7 Å². The predicted octanol–water partition coefficient (Wildman–Crippen LogP) is 3.79. The van der Waals surface area contributed by atoms with Crippen molar-refractivity contribution in [1.82, 2.24) is 15.4 Å². The SMILES string of the molecule is CNC(=O)[C@@]1(Cc2ccc(-c3ccccc3OC)cc2)CCN(C(=O)c2c(C)noc2C)C1. The van der Waals surface area contributed by atoms with Gasteiger partial charge in [0.25, 0.3) is 5.91 Å². The van der Waals surface area contributed by atoms with Gasteiger partial charge in [0.2, 0.25) is 5.91 Å². The van der Waals surface area contributed by atoms with Crippen molar-refractivity contribution in [1.29, 1.82) is 0 Å². The van der Waals surface area contributed by atoms with Gasteiger partial charge in [-0.05, 0) is 43.9 Å². The average molecular weight is 448 g/mol. The number of methoxy groups -OCH3 is 1. The molecule has 2 aromatic carbocycles. The molecule has 0 unspecified atom stereocenters. The maximum absolute atomic E-state index is 13.1. The lowest BCUT2D eigenvalue weighted by molar-refractivity contribution is -0.129. The first-order valence-electron chi connectivity index (χ1n) is 11.0. The second-order valence-electron chi connectivity index (χ2n) is 8.61. The van der Waals surface area contributed by atoms with E-state index in [0.717, 1.165) is 22.4 Å². The minimum atomic E-state index is -0.685. The molecule has 1 saturated heterocycles. The smallest absolute Gasteiger partial charge is 0.259 e. The predicted molar refractivity (Wildman–Crippen MR) is 125 cm³/mol. The third-order valence-electron chi connectivity index (χ3n) is 6.51.